The van der Waals surface area contributed by atoms with Crippen LogP contribution in [0.2, 0.25) is 20.2 Å². The summed E-state index contributed by atoms with van der Waals surface area (Å²) < 4.78 is 1.77. The lowest BCUT2D eigenvalue weighted by Crippen LogP contribution is -2.27. The van der Waals surface area contributed by atoms with Crippen molar-refractivity contribution in [3.05, 3.63) is 74.2 Å². The minimum absolute atomic E-state index is 0.00712. The SMILES string of the molecule is O=C(NCCc1ccc(-n2cccn2)cc1)c1nc(Cl)c(Cl)c(Cl)c1Cl. The highest BCUT2D eigenvalue weighted by atomic mass is 35.5. The smallest absolute Gasteiger partial charge is 0.271 e. The molecule has 0 aliphatic heterocycles. The molecule has 0 atom stereocenters. The lowest BCUT2D eigenvalue weighted by molar-refractivity contribution is 0.0949. The van der Waals surface area contributed by atoms with Gasteiger partial charge in [0, 0.05) is 18.9 Å². The van der Waals surface area contributed by atoms with E-state index in [9.17, 15) is 4.79 Å². The summed E-state index contributed by atoms with van der Waals surface area (Å²) in [5.41, 5.74) is 1.97. The number of benzene rings is 1. The molecular formula is C17H12Cl4N4O. The number of hydrogen-bond donors (Lipinski definition) is 1. The zero-order valence-electron chi connectivity index (χ0n) is 13.2. The maximum Gasteiger partial charge on any atom is 0.271 e. The molecule has 3 aromatic rings. The summed E-state index contributed by atoms with van der Waals surface area (Å²) in [5, 5.41) is 6.85. The van der Waals surface area contributed by atoms with Crippen molar-refractivity contribution in [2.24, 2.45) is 0 Å². The van der Waals surface area contributed by atoms with Crippen molar-refractivity contribution in [1.82, 2.24) is 20.1 Å². The fourth-order valence-corrected chi connectivity index (χ4v) is 3.09. The number of hydrogen-bond acceptors (Lipinski definition) is 3. The third-order valence-corrected chi connectivity index (χ3v) is 5.28. The number of pyridine rings is 1. The van der Waals surface area contributed by atoms with Gasteiger partial charge >= 0.3 is 0 Å². The average Bonchev–Trinajstić information content (AvgIpc) is 3.18. The Kier molecular flexibility index (Phi) is 6.04. The molecule has 0 aliphatic carbocycles. The zero-order chi connectivity index (χ0) is 18.7. The molecule has 2 aromatic heterocycles. The second-order valence-electron chi connectivity index (χ2n) is 5.32. The van der Waals surface area contributed by atoms with Gasteiger partial charge in [-0.15, -0.1) is 0 Å². The Morgan fingerprint density at radius 2 is 1.77 bits per heavy atom. The van der Waals surface area contributed by atoms with Gasteiger partial charge in [0.05, 0.1) is 20.8 Å². The zero-order valence-corrected chi connectivity index (χ0v) is 16.2. The quantitative estimate of drug-likeness (QED) is 0.589. The van der Waals surface area contributed by atoms with E-state index in [1.165, 1.54) is 0 Å². The summed E-state index contributed by atoms with van der Waals surface area (Å²) in [6, 6.07) is 9.73. The van der Waals surface area contributed by atoms with Crippen molar-refractivity contribution in [1.29, 1.82) is 0 Å². The van der Waals surface area contributed by atoms with Crippen LogP contribution >= 0.6 is 46.4 Å². The van der Waals surface area contributed by atoms with E-state index < -0.39 is 5.91 Å². The first-order valence-corrected chi connectivity index (χ1v) is 9.05. The molecule has 1 aromatic carbocycles. The Morgan fingerprint density at radius 3 is 2.42 bits per heavy atom. The van der Waals surface area contributed by atoms with E-state index in [1.54, 1.807) is 10.9 Å². The molecule has 3 rings (SSSR count). The van der Waals surface area contributed by atoms with E-state index in [2.05, 4.69) is 15.4 Å². The monoisotopic (exact) mass is 428 g/mol. The number of carbonyl (C=O) groups is 1. The van der Waals surface area contributed by atoms with E-state index in [-0.39, 0.29) is 25.9 Å². The van der Waals surface area contributed by atoms with Crippen LogP contribution in [0.15, 0.2) is 42.7 Å². The minimum Gasteiger partial charge on any atom is -0.350 e. The molecule has 134 valence electrons. The van der Waals surface area contributed by atoms with E-state index in [1.807, 2.05) is 36.5 Å². The van der Waals surface area contributed by atoms with Crippen LogP contribution in [0.4, 0.5) is 0 Å². The Balaban J connectivity index is 1.61. The van der Waals surface area contributed by atoms with Gasteiger partial charge in [-0.05, 0) is 30.2 Å². The number of aromatic nitrogens is 3. The van der Waals surface area contributed by atoms with Crippen molar-refractivity contribution in [2.45, 2.75) is 6.42 Å². The third-order valence-electron chi connectivity index (χ3n) is 3.60. The van der Waals surface area contributed by atoms with Gasteiger partial charge in [-0.2, -0.15) is 5.10 Å². The molecule has 9 heteroatoms. The first-order chi connectivity index (χ1) is 12.5. The van der Waals surface area contributed by atoms with E-state index in [0.29, 0.717) is 13.0 Å². The van der Waals surface area contributed by atoms with Crippen LogP contribution in [0, 0.1) is 0 Å². The van der Waals surface area contributed by atoms with Crippen LogP contribution in [-0.2, 0) is 6.42 Å². The summed E-state index contributed by atoms with van der Waals surface area (Å²) in [6.07, 6.45) is 4.23. The largest absolute Gasteiger partial charge is 0.350 e. The maximum absolute atomic E-state index is 12.3. The van der Waals surface area contributed by atoms with Crippen LogP contribution in [-0.4, -0.2) is 27.2 Å². The maximum atomic E-state index is 12.3. The molecular weight excluding hydrogens is 418 g/mol. The van der Waals surface area contributed by atoms with Gasteiger partial charge < -0.3 is 5.32 Å². The highest BCUT2D eigenvalue weighted by Gasteiger charge is 2.19. The van der Waals surface area contributed by atoms with Crippen molar-refractivity contribution in [2.75, 3.05) is 6.54 Å². The molecule has 0 saturated heterocycles. The predicted octanol–water partition coefficient (Wildman–Crippen LogP) is 4.85. The normalized spacial score (nSPS) is 10.8. The first-order valence-electron chi connectivity index (χ1n) is 7.54. The van der Waals surface area contributed by atoms with Crippen molar-refractivity contribution < 1.29 is 4.79 Å². The molecule has 0 spiro atoms. The number of nitrogens with zero attached hydrogens (tertiary/aromatic N) is 3. The molecule has 0 aliphatic rings. The van der Waals surface area contributed by atoms with Gasteiger partial charge in [-0.25, -0.2) is 9.67 Å². The summed E-state index contributed by atoms with van der Waals surface area (Å²) in [5.74, 6) is -0.469. The molecule has 26 heavy (non-hydrogen) atoms. The van der Waals surface area contributed by atoms with E-state index >= 15 is 0 Å². The Morgan fingerprint density at radius 1 is 1.04 bits per heavy atom. The fourth-order valence-electron chi connectivity index (χ4n) is 2.28. The topological polar surface area (TPSA) is 59.8 Å². The van der Waals surface area contributed by atoms with Gasteiger partial charge in [0.1, 0.15) is 10.8 Å². The molecule has 2 heterocycles. The highest BCUT2D eigenvalue weighted by Crippen LogP contribution is 2.35. The fraction of sp³-hybridized carbons (Fsp3) is 0.118. The van der Waals surface area contributed by atoms with Gasteiger partial charge in [0.15, 0.2) is 0 Å². The number of amides is 1. The van der Waals surface area contributed by atoms with E-state index in [0.717, 1.165) is 11.3 Å². The van der Waals surface area contributed by atoms with Gasteiger partial charge in [0.2, 0.25) is 0 Å². The van der Waals surface area contributed by atoms with Crippen LogP contribution in [0.5, 0.6) is 0 Å². The summed E-state index contributed by atoms with van der Waals surface area (Å²) in [6.45, 7) is 0.399. The Hall–Kier alpha value is -1.79. The van der Waals surface area contributed by atoms with Crippen molar-refractivity contribution in [3.8, 4) is 5.69 Å². The third kappa shape index (κ3) is 4.13. The van der Waals surface area contributed by atoms with Gasteiger partial charge in [-0.1, -0.05) is 58.5 Å². The molecule has 1 N–H and O–H groups in total. The standard InChI is InChI=1S/C17H12Cl4N4O/c18-12-13(19)15(24-16(21)14(12)20)17(26)22-8-6-10-2-4-11(5-3-10)25-9-1-7-23-25/h1-5,7,9H,6,8H2,(H,22,26). The second-order valence-corrected chi connectivity index (χ2v) is 6.81. The lowest BCUT2D eigenvalue weighted by atomic mass is 10.1. The summed E-state index contributed by atoms with van der Waals surface area (Å²) in [4.78, 5) is 16.1. The van der Waals surface area contributed by atoms with Crippen LogP contribution in [0.3, 0.4) is 0 Å². The molecule has 0 radical (unpaired) electrons. The molecule has 0 unspecified atom stereocenters. The number of nitrogens with one attached hydrogen (secondary N) is 1. The molecule has 1 amide bonds. The molecule has 0 saturated carbocycles. The van der Waals surface area contributed by atoms with E-state index in [4.69, 9.17) is 46.4 Å². The summed E-state index contributed by atoms with van der Waals surface area (Å²) >= 11 is 23.7. The molecule has 5 nitrogen and oxygen atoms in total. The molecule has 0 bridgehead atoms. The van der Waals surface area contributed by atoms with Crippen molar-refractivity contribution >= 4 is 52.3 Å². The Bertz CT molecular complexity index is 927. The number of halogens is 4. The predicted molar refractivity (Wildman–Crippen MR) is 104 cm³/mol. The highest BCUT2D eigenvalue weighted by molar-refractivity contribution is 6.52. The van der Waals surface area contributed by atoms with Gasteiger partial charge in [-0.3, -0.25) is 4.79 Å². The number of rotatable bonds is 5. The summed E-state index contributed by atoms with van der Waals surface area (Å²) in [7, 11) is 0. The number of carbonyl (C=O) groups excluding carboxylic acids is 1. The second kappa shape index (κ2) is 8.27. The van der Waals surface area contributed by atoms with Crippen molar-refractivity contribution in [3.63, 3.8) is 0 Å². The lowest BCUT2D eigenvalue weighted by Gasteiger charge is -2.09. The Labute approximate surface area is 169 Å². The van der Waals surface area contributed by atoms with Gasteiger partial charge in [0.25, 0.3) is 5.91 Å². The van der Waals surface area contributed by atoms with Crippen LogP contribution < -0.4 is 5.32 Å². The minimum atomic E-state index is -0.469. The average molecular weight is 430 g/mol. The van der Waals surface area contributed by atoms with Crippen LogP contribution in [0.1, 0.15) is 16.1 Å². The molecule has 0 fully saturated rings. The first kappa shape index (κ1) is 19.0. The van der Waals surface area contributed by atoms with Crippen LogP contribution in [0.25, 0.3) is 5.69 Å².